The Morgan fingerprint density at radius 3 is 1.53 bits per heavy atom. The van der Waals surface area contributed by atoms with Crippen molar-refractivity contribution in [2.24, 2.45) is 0 Å². The molecule has 0 N–H and O–H groups in total. The van der Waals surface area contributed by atoms with Crippen molar-refractivity contribution in [1.82, 2.24) is 0 Å². The van der Waals surface area contributed by atoms with E-state index >= 15 is 0 Å². The van der Waals surface area contributed by atoms with E-state index in [0.717, 1.165) is 7.28 Å². The lowest BCUT2D eigenvalue weighted by atomic mass is 9.51. The molecule has 0 spiro atoms. The SMILES string of the molecule is CC(C)(C)Bc1ccc(C(C)(C)c2ccc(Oc3ccc([SH](=O)=O)cc3)cc2)cc1. The number of hydrogen-bond acceptors (Lipinski definition) is 3. The maximum Gasteiger partial charge on any atom is 0.168 e. The van der Waals surface area contributed by atoms with Gasteiger partial charge in [0.25, 0.3) is 0 Å². The predicted molar refractivity (Wildman–Crippen MR) is 127 cm³/mol. The van der Waals surface area contributed by atoms with Gasteiger partial charge in [0.2, 0.25) is 0 Å². The van der Waals surface area contributed by atoms with Crippen LogP contribution in [-0.4, -0.2) is 15.7 Å². The molecule has 0 heterocycles. The molecule has 3 aromatic carbocycles. The molecule has 30 heavy (non-hydrogen) atoms. The molecule has 3 aromatic rings. The van der Waals surface area contributed by atoms with Crippen LogP contribution in [0.15, 0.2) is 77.7 Å². The van der Waals surface area contributed by atoms with Crippen molar-refractivity contribution < 1.29 is 13.2 Å². The first-order valence-electron chi connectivity index (χ1n) is 10.2. The number of ether oxygens (including phenoxy) is 1. The zero-order chi connectivity index (χ0) is 21.9. The summed E-state index contributed by atoms with van der Waals surface area (Å²) in [4.78, 5) is 0.281. The van der Waals surface area contributed by atoms with Gasteiger partial charge >= 0.3 is 0 Å². The minimum atomic E-state index is -2.57. The van der Waals surface area contributed by atoms with Crippen LogP contribution in [0, 0.1) is 0 Å². The average Bonchev–Trinajstić information content (AvgIpc) is 2.68. The van der Waals surface area contributed by atoms with E-state index in [9.17, 15) is 8.42 Å². The van der Waals surface area contributed by atoms with E-state index in [1.165, 1.54) is 16.6 Å². The van der Waals surface area contributed by atoms with Gasteiger partial charge in [-0.15, -0.1) is 0 Å². The van der Waals surface area contributed by atoms with Crippen LogP contribution in [0.25, 0.3) is 0 Å². The Kier molecular flexibility index (Phi) is 6.42. The summed E-state index contributed by atoms with van der Waals surface area (Å²) in [5, 5.41) is 0.278. The van der Waals surface area contributed by atoms with Crippen LogP contribution in [0.1, 0.15) is 45.7 Å². The van der Waals surface area contributed by atoms with Gasteiger partial charge in [0.1, 0.15) is 11.5 Å². The maximum absolute atomic E-state index is 11.0. The summed E-state index contributed by atoms with van der Waals surface area (Å²) < 4.78 is 27.8. The zero-order valence-electron chi connectivity index (χ0n) is 18.3. The molecule has 0 aliphatic rings. The van der Waals surface area contributed by atoms with Crippen molar-refractivity contribution in [3.05, 3.63) is 83.9 Å². The first-order valence-corrected chi connectivity index (χ1v) is 11.3. The Bertz CT molecular complexity index is 1050. The van der Waals surface area contributed by atoms with Crippen molar-refractivity contribution in [3.63, 3.8) is 0 Å². The smallest absolute Gasteiger partial charge is 0.168 e. The summed E-state index contributed by atoms with van der Waals surface area (Å²) in [5.41, 5.74) is 3.71. The highest BCUT2D eigenvalue weighted by atomic mass is 32.2. The monoisotopic (exact) mass is 420 g/mol. The van der Waals surface area contributed by atoms with E-state index in [4.69, 9.17) is 4.74 Å². The van der Waals surface area contributed by atoms with E-state index in [1.54, 1.807) is 24.3 Å². The highest BCUT2D eigenvalue weighted by Crippen LogP contribution is 2.33. The number of rotatable bonds is 6. The minimum absolute atomic E-state index is 0.125. The van der Waals surface area contributed by atoms with Gasteiger partial charge in [0.15, 0.2) is 18.0 Å². The van der Waals surface area contributed by atoms with Gasteiger partial charge in [-0.3, -0.25) is 0 Å². The molecule has 0 saturated carbocycles. The molecular formula is C25H29BO3S. The molecule has 0 atom stereocenters. The Morgan fingerprint density at radius 1 is 0.667 bits per heavy atom. The van der Waals surface area contributed by atoms with Crippen molar-refractivity contribution >= 4 is 23.4 Å². The summed E-state index contributed by atoms with van der Waals surface area (Å²) >= 11 is 0. The fraction of sp³-hybridized carbons (Fsp3) is 0.280. The van der Waals surface area contributed by atoms with E-state index in [1.807, 2.05) is 12.1 Å². The van der Waals surface area contributed by atoms with Crippen LogP contribution in [0.3, 0.4) is 0 Å². The molecule has 0 aliphatic carbocycles. The van der Waals surface area contributed by atoms with Gasteiger partial charge in [-0.05, 0) is 47.5 Å². The van der Waals surface area contributed by atoms with Crippen molar-refractivity contribution in [2.75, 3.05) is 0 Å². The molecular weight excluding hydrogens is 391 g/mol. The summed E-state index contributed by atoms with van der Waals surface area (Å²) in [5.74, 6) is 1.33. The van der Waals surface area contributed by atoms with E-state index < -0.39 is 10.7 Å². The lowest BCUT2D eigenvalue weighted by molar-refractivity contribution is 0.481. The van der Waals surface area contributed by atoms with E-state index in [-0.39, 0.29) is 15.6 Å². The lowest BCUT2D eigenvalue weighted by Crippen LogP contribution is -2.25. The molecule has 0 fully saturated rings. The molecule has 156 valence electrons. The van der Waals surface area contributed by atoms with Crippen LogP contribution in [0.2, 0.25) is 5.31 Å². The Morgan fingerprint density at radius 2 is 1.10 bits per heavy atom. The Hall–Kier alpha value is -2.53. The van der Waals surface area contributed by atoms with E-state index in [0.29, 0.717) is 11.5 Å². The first kappa shape index (κ1) is 22.2. The van der Waals surface area contributed by atoms with Crippen molar-refractivity contribution in [1.29, 1.82) is 0 Å². The van der Waals surface area contributed by atoms with Crippen molar-refractivity contribution in [3.8, 4) is 11.5 Å². The molecule has 3 rings (SSSR count). The number of thiol groups is 1. The third-order valence-corrected chi connectivity index (χ3v) is 5.99. The number of hydrogen-bond donors (Lipinski definition) is 1. The average molecular weight is 420 g/mol. The summed E-state index contributed by atoms with van der Waals surface area (Å²) in [7, 11) is -1.51. The third-order valence-electron chi connectivity index (χ3n) is 5.27. The Balaban J connectivity index is 1.74. The molecule has 5 heteroatoms. The topological polar surface area (TPSA) is 43.4 Å². The molecule has 0 aromatic heterocycles. The molecule has 0 unspecified atom stereocenters. The van der Waals surface area contributed by atoms with Gasteiger partial charge in [0, 0.05) is 5.41 Å². The molecule has 0 amide bonds. The standard InChI is InChI=1S/C25H29BO3S/c1-24(2,3)26-20-10-6-18(7-11-20)25(4,5)19-8-12-21(13-9-19)29-22-14-16-23(17-15-22)30(27)28/h6-17,26,30H,1-5H3. The van der Waals surface area contributed by atoms with Crippen LogP contribution in [-0.2, 0) is 16.1 Å². The maximum atomic E-state index is 11.0. The van der Waals surface area contributed by atoms with Gasteiger partial charge < -0.3 is 4.74 Å². The second-order valence-electron chi connectivity index (χ2n) is 9.44. The fourth-order valence-electron chi connectivity index (χ4n) is 3.53. The normalized spacial score (nSPS) is 12.1. The largest absolute Gasteiger partial charge is 0.457 e. The van der Waals surface area contributed by atoms with Gasteiger partial charge in [-0.1, -0.05) is 81.8 Å². The lowest BCUT2D eigenvalue weighted by Gasteiger charge is -2.27. The van der Waals surface area contributed by atoms with E-state index in [2.05, 4.69) is 71.0 Å². The predicted octanol–water partition coefficient (Wildman–Crippen LogP) is 5.06. The highest BCUT2D eigenvalue weighted by molar-refractivity contribution is 7.72. The summed E-state index contributed by atoms with van der Waals surface area (Å²) in [6, 6.07) is 23.4. The molecule has 0 aliphatic heterocycles. The van der Waals surface area contributed by atoms with Crippen molar-refractivity contribution in [2.45, 2.75) is 50.2 Å². The second kappa shape index (κ2) is 8.69. The van der Waals surface area contributed by atoms with Crippen LogP contribution in [0.4, 0.5) is 0 Å². The molecule has 0 radical (unpaired) electrons. The van der Waals surface area contributed by atoms with Crippen LogP contribution < -0.4 is 10.2 Å². The van der Waals surface area contributed by atoms with Gasteiger partial charge in [0.05, 0.1) is 4.90 Å². The first-order chi connectivity index (χ1) is 14.0. The molecule has 0 saturated heterocycles. The zero-order valence-corrected chi connectivity index (χ0v) is 19.2. The fourth-order valence-corrected chi connectivity index (χ4v) is 3.92. The third kappa shape index (κ3) is 5.54. The van der Waals surface area contributed by atoms with Crippen LogP contribution >= 0.6 is 0 Å². The second-order valence-corrected chi connectivity index (χ2v) is 10.5. The van der Waals surface area contributed by atoms with Gasteiger partial charge in [-0.2, -0.15) is 0 Å². The summed E-state index contributed by atoms with van der Waals surface area (Å²) in [6.07, 6.45) is 0. The quantitative estimate of drug-likeness (QED) is 0.448. The van der Waals surface area contributed by atoms with Gasteiger partial charge in [-0.25, -0.2) is 8.42 Å². The minimum Gasteiger partial charge on any atom is -0.457 e. The molecule has 0 bridgehead atoms. The van der Waals surface area contributed by atoms with Crippen LogP contribution in [0.5, 0.6) is 11.5 Å². The number of benzene rings is 3. The highest BCUT2D eigenvalue weighted by Gasteiger charge is 2.23. The Labute approximate surface area is 182 Å². The molecule has 3 nitrogen and oxygen atoms in total. The summed E-state index contributed by atoms with van der Waals surface area (Å²) in [6.45, 7) is 11.2.